The number of amides is 1. The van der Waals surface area contributed by atoms with Gasteiger partial charge in [0.2, 0.25) is 5.91 Å². The Kier molecular flexibility index (Phi) is 4.52. The van der Waals surface area contributed by atoms with Crippen LogP contribution >= 0.6 is 34.2 Å². The fraction of sp³-hybridized carbons (Fsp3) is 0.222. The van der Waals surface area contributed by atoms with E-state index in [0.717, 1.165) is 5.56 Å². The van der Waals surface area contributed by atoms with Crippen LogP contribution in [0.25, 0.3) is 0 Å². The number of carbonyl (C=O) groups is 1. The van der Waals surface area contributed by atoms with Crippen molar-refractivity contribution in [1.29, 1.82) is 0 Å². The minimum Gasteiger partial charge on any atom is -0.351 e. The molecule has 0 atom stereocenters. The third-order valence-electron chi connectivity index (χ3n) is 1.52. The van der Waals surface area contributed by atoms with Crippen LogP contribution < -0.4 is 5.32 Å². The topological polar surface area (TPSA) is 29.1 Å². The summed E-state index contributed by atoms with van der Waals surface area (Å²) in [7, 11) is 0. The molecule has 0 aliphatic heterocycles. The Morgan fingerprint density at radius 3 is 2.54 bits per heavy atom. The zero-order valence-corrected chi connectivity index (χ0v) is 9.80. The van der Waals surface area contributed by atoms with Crippen molar-refractivity contribution in [1.82, 2.24) is 5.32 Å². The van der Waals surface area contributed by atoms with E-state index >= 15 is 0 Å². The van der Waals surface area contributed by atoms with Crippen LogP contribution in [0.2, 0.25) is 0 Å². The fourth-order valence-electron chi connectivity index (χ4n) is 0.850. The van der Waals surface area contributed by atoms with Crippen molar-refractivity contribution in [2.24, 2.45) is 0 Å². The molecule has 13 heavy (non-hydrogen) atoms. The molecule has 2 nitrogen and oxygen atoms in total. The summed E-state index contributed by atoms with van der Waals surface area (Å²) in [4.78, 5) is 10.8. The van der Waals surface area contributed by atoms with Crippen molar-refractivity contribution >= 4 is 40.1 Å². The van der Waals surface area contributed by atoms with Crippen LogP contribution in [0.3, 0.4) is 0 Å². The summed E-state index contributed by atoms with van der Waals surface area (Å²) in [5, 5.41) is 2.69. The predicted octanol–water partition coefficient (Wildman–Crippen LogP) is 2.15. The van der Waals surface area contributed by atoms with Crippen LogP contribution in [0.5, 0.6) is 0 Å². The molecule has 1 amide bonds. The SMILES string of the molecule is O=C(CCl)NCc1ccc(I)cc1. The van der Waals surface area contributed by atoms with Crippen molar-refractivity contribution < 1.29 is 4.79 Å². The van der Waals surface area contributed by atoms with Gasteiger partial charge in [-0.15, -0.1) is 11.6 Å². The Balaban J connectivity index is 2.46. The number of rotatable bonds is 3. The highest BCUT2D eigenvalue weighted by molar-refractivity contribution is 14.1. The van der Waals surface area contributed by atoms with Gasteiger partial charge in [-0.2, -0.15) is 0 Å². The molecule has 0 heterocycles. The summed E-state index contributed by atoms with van der Waals surface area (Å²) < 4.78 is 1.19. The van der Waals surface area contributed by atoms with Gasteiger partial charge in [-0.1, -0.05) is 12.1 Å². The second-order valence-electron chi connectivity index (χ2n) is 2.54. The number of hydrogen-bond donors (Lipinski definition) is 1. The highest BCUT2D eigenvalue weighted by Crippen LogP contribution is 2.06. The maximum Gasteiger partial charge on any atom is 0.235 e. The lowest BCUT2D eigenvalue weighted by atomic mass is 10.2. The summed E-state index contributed by atoms with van der Waals surface area (Å²) in [6.45, 7) is 0.544. The number of carbonyl (C=O) groups excluding carboxylic acids is 1. The molecular weight excluding hydrogens is 300 g/mol. The summed E-state index contributed by atoms with van der Waals surface area (Å²) in [6.07, 6.45) is 0. The number of alkyl halides is 1. The van der Waals surface area contributed by atoms with Crippen LogP contribution in [0.15, 0.2) is 24.3 Å². The van der Waals surface area contributed by atoms with Crippen molar-refractivity contribution in [2.75, 3.05) is 5.88 Å². The normalized spacial score (nSPS) is 9.69. The first kappa shape index (κ1) is 10.8. The number of nitrogens with one attached hydrogen (secondary N) is 1. The second-order valence-corrected chi connectivity index (χ2v) is 4.05. The molecule has 1 rings (SSSR count). The Morgan fingerprint density at radius 2 is 2.00 bits per heavy atom. The largest absolute Gasteiger partial charge is 0.351 e. The molecule has 1 N–H and O–H groups in total. The maximum atomic E-state index is 10.8. The summed E-state index contributed by atoms with van der Waals surface area (Å²) in [5.41, 5.74) is 1.08. The minimum absolute atomic E-state index is 0.0182. The van der Waals surface area contributed by atoms with Gasteiger partial charge < -0.3 is 5.32 Å². The van der Waals surface area contributed by atoms with Gasteiger partial charge in [0.1, 0.15) is 5.88 Å². The Labute approximate surface area is 95.8 Å². The average Bonchev–Trinajstić information content (AvgIpc) is 2.16. The van der Waals surface area contributed by atoms with Crippen LogP contribution in [0.4, 0.5) is 0 Å². The van der Waals surface area contributed by atoms with Gasteiger partial charge in [0.25, 0.3) is 0 Å². The molecule has 0 saturated carbocycles. The third-order valence-corrected chi connectivity index (χ3v) is 2.49. The van der Waals surface area contributed by atoms with Crippen molar-refractivity contribution in [2.45, 2.75) is 6.54 Å². The third kappa shape index (κ3) is 3.95. The molecule has 70 valence electrons. The standard InChI is InChI=1S/C9H9ClINO/c10-5-9(13)12-6-7-1-3-8(11)4-2-7/h1-4H,5-6H2,(H,12,13). The zero-order valence-electron chi connectivity index (χ0n) is 6.89. The molecule has 0 unspecified atom stereocenters. The van der Waals surface area contributed by atoms with Crippen LogP contribution in [-0.4, -0.2) is 11.8 Å². The second kappa shape index (κ2) is 5.44. The Hall–Kier alpha value is -0.290. The molecule has 0 aliphatic carbocycles. The van der Waals surface area contributed by atoms with Gasteiger partial charge in [0, 0.05) is 10.1 Å². The van der Waals surface area contributed by atoms with Gasteiger partial charge in [-0.05, 0) is 40.3 Å². The first-order valence-electron chi connectivity index (χ1n) is 3.79. The number of benzene rings is 1. The maximum absolute atomic E-state index is 10.8. The summed E-state index contributed by atoms with van der Waals surface area (Å²) in [5.74, 6) is -0.120. The minimum atomic E-state index is -0.139. The van der Waals surface area contributed by atoms with Gasteiger partial charge in [0.15, 0.2) is 0 Å². The van der Waals surface area contributed by atoms with E-state index in [1.165, 1.54) is 3.57 Å². The van der Waals surface area contributed by atoms with E-state index in [4.69, 9.17) is 11.6 Å². The lowest BCUT2D eigenvalue weighted by molar-refractivity contribution is -0.118. The fourth-order valence-corrected chi connectivity index (χ4v) is 1.30. The first-order valence-corrected chi connectivity index (χ1v) is 5.41. The van der Waals surface area contributed by atoms with Crippen LogP contribution in [0, 0.1) is 3.57 Å². The molecule has 0 fully saturated rings. The van der Waals surface area contributed by atoms with Gasteiger partial charge in [-0.25, -0.2) is 0 Å². The molecule has 1 aromatic rings. The summed E-state index contributed by atoms with van der Waals surface area (Å²) >= 11 is 7.57. The van der Waals surface area contributed by atoms with E-state index in [1.54, 1.807) is 0 Å². The smallest absolute Gasteiger partial charge is 0.235 e. The number of hydrogen-bond acceptors (Lipinski definition) is 1. The molecule has 0 aliphatic rings. The van der Waals surface area contributed by atoms with E-state index < -0.39 is 0 Å². The Morgan fingerprint density at radius 1 is 1.38 bits per heavy atom. The van der Waals surface area contributed by atoms with Gasteiger partial charge in [-0.3, -0.25) is 4.79 Å². The molecule has 0 bridgehead atoms. The zero-order chi connectivity index (χ0) is 9.68. The lowest BCUT2D eigenvalue weighted by Crippen LogP contribution is -2.23. The van der Waals surface area contributed by atoms with E-state index in [-0.39, 0.29) is 11.8 Å². The number of halogens is 2. The van der Waals surface area contributed by atoms with E-state index in [2.05, 4.69) is 27.9 Å². The van der Waals surface area contributed by atoms with Gasteiger partial charge in [0.05, 0.1) is 0 Å². The quantitative estimate of drug-likeness (QED) is 0.673. The Bertz CT molecular complexity index is 286. The monoisotopic (exact) mass is 309 g/mol. The van der Waals surface area contributed by atoms with Gasteiger partial charge >= 0.3 is 0 Å². The van der Waals surface area contributed by atoms with Crippen LogP contribution in [-0.2, 0) is 11.3 Å². The molecule has 0 aromatic heterocycles. The predicted molar refractivity (Wildman–Crippen MR) is 61.7 cm³/mol. The molecule has 0 spiro atoms. The average molecular weight is 310 g/mol. The van der Waals surface area contributed by atoms with Crippen molar-refractivity contribution in [3.8, 4) is 0 Å². The van der Waals surface area contributed by atoms with Crippen molar-refractivity contribution in [3.05, 3.63) is 33.4 Å². The van der Waals surface area contributed by atoms with E-state index in [0.29, 0.717) is 6.54 Å². The molecule has 0 radical (unpaired) electrons. The molecule has 0 saturated heterocycles. The summed E-state index contributed by atoms with van der Waals surface area (Å²) in [6, 6.07) is 7.97. The molecule has 1 aromatic carbocycles. The van der Waals surface area contributed by atoms with E-state index in [1.807, 2.05) is 24.3 Å². The van der Waals surface area contributed by atoms with Crippen molar-refractivity contribution in [3.63, 3.8) is 0 Å². The van der Waals surface area contributed by atoms with Crippen LogP contribution in [0.1, 0.15) is 5.56 Å². The molecular formula is C9H9ClINO. The first-order chi connectivity index (χ1) is 6.22. The van der Waals surface area contributed by atoms with E-state index in [9.17, 15) is 4.79 Å². The highest BCUT2D eigenvalue weighted by atomic mass is 127. The lowest BCUT2D eigenvalue weighted by Gasteiger charge is -2.02. The molecule has 4 heteroatoms. The highest BCUT2D eigenvalue weighted by Gasteiger charge is 1.97.